The van der Waals surface area contributed by atoms with E-state index in [0.717, 1.165) is 25.7 Å². The molecular weight excluding hydrogens is 284 g/mol. The van der Waals surface area contributed by atoms with Gasteiger partial charge in [0, 0.05) is 32.2 Å². The molecule has 1 saturated heterocycles. The molecule has 6 nitrogen and oxygen atoms in total. The zero-order chi connectivity index (χ0) is 16.4. The maximum atomic E-state index is 12.1. The number of methoxy groups -OCH3 is 1. The van der Waals surface area contributed by atoms with E-state index in [1.54, 1.807) is 7.11 Å². The topological polar surface area (TPSA) is 67.9 Å². The van der Waals surface area contributed by atoms with Crippen LogP contribution in [0.5, 0.6) is 0 Å². The van der Waals surface area contributed by atoms with Crippen LogP contribution in [0.3, 0.4) is 0 Å². The summed E-state index contributed by atoms with van der Waals surface area (Å²) in [4.78, 5) is 25.8. The van der Waals surface area contributed by atoms with Crippen molar-refractivity contribution in [2.75, 3.05) is 40.0 Å². The molecule has 6 heteroatoms. The molecule has 1 heterocycles. The lowest BCUT2D eigenvalue weighted by Crippen LogP contribution is -2.48. The molecule has 0 aliphatic carbocycles. The summed E-state index contributed by atoms with van der Waals surface area (Å²) in [5, 5.41) is 3.12. The summed E-state index contributed by atoms with van der Waals surface area (Å²) in [5.74, 6) is 0.271. The molecule has 0 spiro atoms. The van der Waals surface area contributed by atoms with E-state index in [2.05, 4.69) is 5.32 Å². The fourth-order valence-corrected chi connectivity index (χ4v) is 2.64. The number of piperidine rings is 1. The van der Waals surface area contributed by atoms with Gasteiger partial charge in [0.1, 0.15) is 6.61 Å². The van der Waals surface area contributed by atoms with Gasteiger partial charge in [-0.3, -0.25) is 9.59 Å². The van der Waals surface area contributed by atoms with E-state index >= 15 is 0 Å². The third-order valence-corrected chi connectivity index (χ3v) is 4.21. The molecule has 1 aliphatic heterocycles. The van der Waals surface area contributed by atoms with Crippen LogP contribution in [0, 0.1) is 5.92 Å². The molecule has 1 aliphatic rings. The first-order valence-corrected chi connectivity index (χ1v) is 8.27. The predicted octanol–water partition coefficient (Wildman–Crippen LogP) is 1.19. The molecule has 0 bridgehead atoms. The van der Waals surface area contributed by atoms with Crippen molar-refractivity contribution < 1.29 is 19.1 Å². The van der Waals surface area contributed by atoms with Gasteiger partial charge in [-0.05, 0) is 25.7 Å². The summed E-state index contributed by atoms with van der Waals surface area (Å²) in [6.45, 7) is 6.48. The smallest absolute Gasteiger partial charge is 0.248 e. The Labute approximate surface area is 133 Å². The Bertz CT molecular complexity index is 337. The predicted molar refractivity (Wildman–Crippen MR) is 84.5 cm³/mol. The summed E-state index contributed by atoms with van der Waals surface area (Å²) < 4.78 is 10.1. The van der Waals surface area contributed by atoms with Crippen molar-refractivity contribution in [1.82, 2.24) is 10.2 Å². The highest BCUT2D eigenvalue weighted by atomic mass is 16.5. The zero-order valence-electron chi connectivity index (χ0n) is 14.1. The van der Waals surface area contributed by atoms with Gasteiger partial charge in [0.2, 0.25) is 11.8 Å². The van der Waals surface area contributed by atoms with Gasteiger partial charge in [0.15, 0.2) is 0 Å². The normalized spacial score (nSPS) is 16.1. The number of nitrogens with zero attached hydrogens (tertiary/aromatic N) is 1. The molecule has 2 amide bonds. The van der Waals surface area contributed by atoms with E-state index in [-0.39, 0.29) is 30.4 Å². The van der Waals surface area contributed by atoms with Crippen molar-refractivity contribution in [2.45, 2.75) is 45.6 Å². The Kier molecular flexibility index (Phi) is 9.08. The number of hydrogen-bond acceptors (Lipinski definition) is 4. The van der Waals surface area contributed by atoms with Gasteiger partial charge in [-0.1, -0.05) is 13.8 Å². The minimum atomic E-state index is 0.0147. The van der Waals surface area contributed by atoms with Gasteiger partial charge in [-0.2, -0.15) is 0 Å². The van der Waals surface area contributed by atoms with Crippen LogP contribution in [-0.4, -0.2) is 62.8 Å². The number of nitrogens with one attached hydrogen (secondary N) is 1. The zero-order valence-corrected chi connectivity index (χ0v) is 14.1. The molecule has 128 valence electrons. The van der Waals surface area contributed by atoms with Crippen LogP contribution in [-0.2, 0) is 19.1 Å². The lowest BCUT2D eigenvalue weighted by Gasteiger charge is -2.33. The van der Waals surface area contributed by atoms with Crippen LogP contribution < -0.4 is 5.32 Å². The second-order valence-electron chi connectivity index (χ2n) is 5.72. The summed E-state index contributed by atoms with van der Waals surface area (Å²) in [5.41, 5.74) is 0. The number of likely N-dealkylation sites (tertiary alicyclic amines) is 1. The van der Waals surface area contributed by atoms with Crippen molar-refractivity contribution in [1.29, 1.82) is 0 Å². The molecule has 22 heavy (non-hydrogen) atoms. The number of ether oxygens (including phenoxy) is 2. The molecule has 0 unspecified atom stereocenters. The first-order chi connectivity index (χ1) is 10.6. The van der Waals surface area contributed by atoms with Crippen LogP contribution in [0.4, 0.5) is 0 Å². The summed E-state index contributed by atoms with van der Waals surface area (Å²) in [6, 6.07) is 0.187. The third-order valence-electron chi connectivity index (χ3n) is 4.21. The van der Waals surface area contributed by atoms with Crippen molar-refractivity contribution in [2.24, 2.45) is 5.92 Å². The van der Waals surface area contributed by atoms with E-state index in [1.807, 2.05) is 18.7 Å². The largest absolute Gasteiger partial charge is 0.382 e. The number of amides is 2. The maximum absolute atomic E-state index is 12.1. The fourth-order valence-electron chi connectivity index (χ4n) is 2.64. The van der Waals surface area contributed by atoms with Gasteiger partial charge >= 0.3 is 0 Å². The van der Waals surface area contributed by atoms with E-state index < -0.39 is 0 Å². The monoisotopic (exact) mass is 314 g/mol. The minimum absolute atomic E-state index is 0.0147. The van der Waals surface area contributed by atoms with Crippen LogP contribution in [0.1, 0.15) is 39.5 Å². The quantitative estimate of drug-likeness (QED) is 0.649. The summed E-state index contributed by atoms with van der Waals surface area (Å²) >= 11 is 0. The van der Waals surface area contributed by atoms with Crippen LogP contribution in [0.2, 0.25) is 0 Å². The molecule has 1 N–H and O–H groups in total. The second kappa shape index (κ2) is 10.6. The molecule has 0 aromatic heterocycles. The van der Waals surface area contributed by atoms with E-state index in [4.69, 9.17) is 9.47 Å². The highest BCUT2D eigenvalue weighted by molar-refractivity contribution is 5.79. The van der Waals surface area contributed by atoms with E-state index in [9.17, 15) is 9.59 Å². The highest BCUT2D eigenvalue weighted by Gasteiger charge is 2.25. The highest BCUT2D eigenvalue weighted by Crippen LogP contribution is 2.13. The Morgan fingerprint density at radius 1 is 1.18 bits per heavy atom. The minimum Gasteiger partial charge on any atom is -0.382 e. The number of carbonyl (C=O) groups excluding carboxylic acids is 2. The molecule has 0 atom stereocenters. The molecular formula is C16H30N2O4. The average Bonchev–Trinajstić information content (AvgIpc) is 2.53. The van der Waals surface area contributed by atoms with E-state index in [0.29, 0.717) is 26.3 Å². The van der Waals surface area contributed by atoms with Crippen LogP contribution in [0.25, 0.3) is 0 Å². The molecule has 0 aromatic carbocycles. The Hall–Kier alpha value is -1.14. The second-order valence-corrected chi connectivity index (χ2v) is 5.72. The fraction of sp³-hybridized carbons (Fsp3) is 0.875. The summed E-state index contributed by atoms with van der Waals surface area (Å²) in [7, 11) is 1.60. The number of carbonyl (C=O) groups is 2. The SMILES string of the molecule is CCC(CC)C(=O)NC1CCN(C(=O)COCCOC)CC1. The molecule has 0 radical (unpaired) electrons. The molecule has 0 saturated carbocycles. The Morgan fingerprint density at radius 2 is 1.82 bits per heavy atom. The van der Waals surface area contributed by atoms with Crippen molar-refractivity contribution >= 4 is 11.8 Å². The Balaban J connectivity index is 2.25. The van der Waals surface area contributed by atoms with Crippen LogP contribution in [0.15, 0.2) is 0 Å². The lowest BCUT2D eigenvalue weighted by molar-refractivity contribution is -0.137. The van der Waals surface area contributed by atoms with Crippen LogP contribution >= 0.6 is 0 Å². The van der Waals surface area contributed by atoms with E-state index in [1.165, 1.54) is 0 Å². The van der Waals surface area contributed by atoms with Gasteiger partial charge < -0.3 is 19.7 Å². The standard InChI is InChI=1S/C16H30N2O4/c1-4-13(5-2)16(20)17-14-6-8-18(9-7-14)15(19)12-22-11-10-21-3/h13-14H,4-12H2,1-3H3,(H,17,20). The van der Waals surface area contributed by atoms with Gasteiger partial charge in [0.05, 0.1) is 13.2 Å². The first-order valence-electron chi connectivity index (χ1n) is 8.27. The third kappa shape index (κ3) is 6.32. The molecule has 0 aromatic rings. The number of hydrogen-bond donors (Lipinski definition) is 1. The lowest BCUT2D eigenvalue weighted by atomic mass is 10.00. The maximum Gasteiger partial charge on any atom is 0.248 e. The van der Waals surface area contributed by atoms with Crippen molar-refractivity contribution in [3.8, 4) is 0 Å². The van der Waals surface area contributed by atoms with Crippen molar-refractivity contribution in [3.63, 3.8) is 0 Å². The van der Waals surface area contributed by atoms with Crippen molar-refractivity contribution in [3.05, 3.63) is 0 Å². The number of rotatable bonds is 9. The average molecular weight is 314 g/mol. The van der Waals surface area contributed by atoms with Gasteiger partial charge in [-0.15, -0.1) is 0 Å². The Morgan fingerprint density at radius 3 is 2.36 bits per heavy atom. The molecule has 1 rings (SSSR count). The van der Waals surface area contributed by atoms with Gasteiger partial charge in [0.25, 0.3) is 0 Å². The first kappa shape index (κ1) is 18.9. The summed E-state index contributed by atoms with van der Waals surface area (Å²) in [6.07, 6.45) is 3.38. The molecule has 1 fully saturated rings. The van der Waals surface area contributed by atoms with Gasteiger partial charge in [-0.25, -0.2) is 0 Å².